The molecule has 0 fully saturated rings. The summed E-state index contributed by atoms with van der Waals surface area (Å²) in [5.41, 5.74) is 0.169. The molecule has 11 nitrogen and oxygen atoms in total. The van der Waals surface area contributed by atoms with Crippen LogP contribution in [0.2, 0.25) is 0 Å². The summed E-state index contributed by atoms with van der Waals surface area (Å²) in [4.78, 5) is 36.8. The molecule has 196 valence electrons. The number of quaternary nitrogens is 1. The van der Waals surface area contributed by atoms with E-state index in [1.54, 1.807) is 20.8 Å². The zero-order valence-corrected chi connectivity index (χ0v) is 20.6. The van der Waals surface area contributed by atoms with E-state index >= 15 is 0 Å². The van der Waals surface area contributed by atoms with Crippen LogP contribution in [0.1, 0.15) is 45.6 Å². The SMILES string of the molecule is CC(C)(C)OC(=O)N[C@@H](CCCCNC(=O)OCc1ccccc1)C(=O)Oc1ccc([NH+]([O-])O)cc1. The summed E-state index contributed by atoms with van der Waals surface area (Å²) in [6.07, 6.45) is -0.0914. The number of alkyl carbamates (subject to hydrolysis) is 2. The number of esters is 1. The monoisotopic (exact) mass is 503 g/mol. The average Bonchev–Trinajstić information content (AvgIpc) is 2.81. The van der Waals surface area contributed by atoms with Gasteiger partial charge < -0.3 is 30.1 Å². The topological polar surface area (TPSA) is 151 Å². The van der Waals surface area contributed by atoms with Crippen molar-refractivity contribution in [3.8, 4) is 5.75 Å². The minimum Gasteiger partial charge on any atom is -0.595 e. The van der Waals surface area contributed by atoms with Gasteiger partial charge in [0.15, 0.2) is 5.69 Å². The zero-order valence-electron chi connectivity index (χ0n) is 20.6. The highest BCUT2D eigenvalue weighted by atomic mass is 16.8. The molecule has 0 saturated heterocycles. The Morgan fingerprint density at radius 1 is 1.00 bits per heavy atom. The molecule has 0 spiro atoms. The minimum atomic E-state index is -1.10. The molecule has 0 aliphatic heterocycles. The van der Waals surface area contributed by atoms with Gasteiger partial charge in [-0.3, -0.25) is 0 Å². The first-order valence-electron chi connectivity index (χ1n) is 11.5. The van der Waals surface area contributed by atoms with E-state index in [0.717, 1.165) is 5.56 Å². The van der Waals surface area contributed by atoms with E-state index in [1.807, 2.05) is 30.3 Å². The first-order chi connectivity index (χ1) is 17.0. The predicted molar refractivity (Wildman–Crippen MR) is 129 cm³/mol. The Morgan fingerprint density at radius 3 is 2.28 bits per heavy atom. The van der Waals surface area contributed by atoms with Gasteiger partial charge in [0.25, 0.3) is 0 Å². The minimum absolute atomic E-state index is 0.0491. The molecule has 2 amide bonds. The van der Waals surface area contributed by atoms with Crippen molar-refractivity contribution in [1.29, 1.82) is 0 Å². The first kappa shape index (κ1) is 28.6. The third-order valence-electron chi connectivity index (χ3n) is 4.70. The second-order valence-corrected chi connectivity index (χ2v) is 8.93. The summed E-state index contributed by atoms with van der Waals surface area (Å²) in [7, 11) is 0. The summed E-state index contributed by atoms with van der Waals surface area (Å²) in [6.45, 7) is 5.58. The molecule has 2 aromatic rings. The number of nitrogens with one attached hydrogen (secondary N) is 3. The summed E-state index contributed by atoms with van der Waals surface area (Å²) in [5.74, 6) is -0.581. The van der Waals surface area contributed by atoms with Crippen LogP contribution in [0.5, 0.6) is 5.75 Å². The number of hydrogen-bond acceptors (Lipinski definition) is 8. The van der Waals surface area contributed by atoms with Crippen LogP contribution in [-0.4, -0.2) is 41.6 Å². The number of rotatable bonds is 11. The molecule has 4 N–H and O–H groups in total. The van der Waals surface area contributed by atoms with Gasteiger partial charge >= 0.3 is 18.2 Å². The third kappa shape index (κ3) is 11.2. The number of ether oxygens (including phenoxy) is 3. The Balaban J connectivity index is 1.84. The van der Waals surface area contributed by atoms with Crippen LogP contribution in [0.3, 0.4) is 0 Å². The lowest BCUT2D eigenvalue weighted by molar-refractivity contribution is -0.991. The van der Waals surface area contributed by atoms with E-state index in [2.05, 4.69) is 10.6 Å². The fraction of sp³-hybridized carbons (Fsp3) is 0.400. The van der Waals surface area contributed by atoms with Crippen LogP contribution in [-0.2, 0) is 20.9 Å². The van der Waals surface area contributed by atoms with Crippen molar-refractivity contribution < 1.29 is 39.0 Å². The maximum atomic E-state index is 12.7. The smallest absolute Gasteiger partial charge is 0.408 e. The Kier molecular flexibility index (Phi) is 11.1. The van der Waals surface area contributed by atoms with E-state index in [4.69, 9.17) is 19.4 Å². The van der Waals surface area contributed by atoms with E-state index in [-0.39, 0.29) is 24.5 Å². The Bertz CT molecular complexity index is 975. The number of amides is 2. The van der Waals surface area contributed by atoms with Crippen LogP contribution in [0.4, 0.5) is 15.3 Å². The van der Waals surface area contributed by atoms with Crippen molar-refractivity contribution in [1.82, 2.24) is 10.6 Å². The normalized spacial score (nSPS) is 12.7. The van der Waals surface area contributed by atoms with Crippen LogP contribution in [0, 0.1) is 5.21 Å². The fourth-order valence-corrected chi connectivity index (χ4v) is 2.99. The van der Waals surface area contributed by atoms with E-state index in [0.29, 0.717) is 19.4 Å². The number of carbonyl (C=O) groups excluding carboxylic acids is 3. The number of unbranched alkanes of at least 4 members (excludes halogenated alkanes) is 1. The number of benzene rings is 2. The van der Waals surface area contributed by atoms with Crippen molar-refractivity contribution in [2.45, 2.75) is 58.3 Å². The molecule has 0 heterocycles. The van der Waals surface area contributed by atoms with E-state index < -0.39 is 35.0 Å². The molecule has 11 heteroatoms. The molecule has 0 radical (unpaired) electrons. The maximum Gasteiger partial charge on any atom is 0.408 e. The van der Waals surface area contributed by atoms with Gasteiger partial charge in [-0.05, 0) is 57.7 Å². The maximum absolute atomic E-state index is 12.7. The Hall–Kier alpha value is -3.67. The van der Waals surface area contributed by atoms with Gasteiger partial charge in [-0.15, -0.1) is 0 Å². The molecule has 2 rings (SSSR count). The van der Waals surface area contributed by atoms with Crippen molar-refractivity contribution in [2.75, 3.05) is 6.54 Å². The van der Waals surface area contributed by atoms with E-state index in [9.17, 15) is 19.6 Å². The predicted octanol–water partition coefficient (Wildman–Crippen LogP) is 2.99. The van der Waals surface area contributed by atoms with Crippen LogP contribution < -0.4 is 20.6 Å². The molecular formula is C25H33N3O8. The Labute approximate surface area is 209 Å². The van der Waals surface area contributed by atoms with E-state index in [1.165, 1.54) is 24.3 Å². The lowest BCUT2D eigenvalue weighted by Crippen LogP contribution is -2.99. The standard InChI is InChI=1S/C25H33N3O8/c1-25(2,3)36-24(31)27-21(22(29)35-20-14-12-19(13-15-20)28(32)33)11-7-8-16-26-23(30)34-17-18-9-5-4-6-10-18/h4-6,9-10,12-15,21,28,32H,7-8,11,16-17H2,1-3H3,(H,26,30)(H,27,31)/t21-/m0/s1. The van der Waals surface area contributed by atoms with Crippen LogP contribution in [0.15, 0.2) is 54.6 Å². The average molecular weight is 504 g/mol. The summed E-state index contributed by atoms with van der Waals surface area (Å²) < 4.78 is 15.7. The molecule has 2 aromatic carbocycles. The molecule has 36 heavy (non-hydrogen) atoms. The quantitative estimate of drug-likeness (QED) is 0.158. The molecule has 0 aliphatic rings. The molecule has 2 atom stereocenters. The second kappa shape index (κ2) is 14.0. The number of hydrogen-bond donors (Lipinski definition) is 4. The molecule has 0 aromatic heterocycles. The number of carbonyl (C=O) groups is 3. The second-order valence-electron chi connectivity index (χ2n) is 8.93. The van der Waals surface area contributed by atoms with Gasteiger partial charge in [0.1, 0.15) is 24.0 Å². The largest absolute Gasteiger partial charge is 0.595 e. The van der Waals surface area contributed by atoms with Crippen molar-refractivity contribution in [3.63, 3.8) is 0 Å². The summed E-state index contributed by atoms with van der Waals surface area (Å²) >= 11 is 0. The highest BCUT2D eigenvalue weighted by Gasteiger charge is 2.26. The van der Waals surface area contributed by atoms with Gasteiger partial charge in [0, 0.05) is 18.7 Å². The van der Waals surface area contributed by atoms with Crippen molar-refractivity contribution in [3.05, 3.63) is 65.4 Å². The molecule has 0 aliphatic carbocycles. The lowest BCUT2D eigenvalue weighted by atomic mass is 10.1. The van der Waals surface area contributed by atoms with Crippen LogP contribution >= 0.6 is 0 Å². The van der Waals surface area contributed by atoms with Crippen molar-refractivity contribution in [2.24, 2.45) is 0 Å². The van der Waals surface area contributed by atoms with Crippen molar-refractivity contribution >= 4 is 23.8 Å². The van der Waals surface area contributed by atoms with Gasteiger partial charge in [0.05, 0.1) is 0 Å². The van der Waals surface area contributed by atoms with Gasteiger partial charge in [-0.1, -0.05) is 30.3 Å². The van der Waals surface area contributed by atoms with Crippen LogP contribution in [0.25, 0.3) is 0 Å². The highest BCUT2D eigenvalue weighted by Crippen LogP contribution is 2.15. The summed E-state index contributed by atoms with van der Waals surface area (Å²) in [5, 5.41) is 24.0. The zero-order chi connectivity index (χ0) is 26.6. The van der Waals surface area contributed by atoms with Gasteiger partial charge in [-0.2, -0.15) is 5.23 Å². The Morgan fingerprint density at radius 2 is 1.67 bits per heavy atom. The summed E-state index contributed by atoms with van der Waals surface area (Å²) in [6, 6.07) is 13.6. The lowest BCUT2D eigenvalue weighted by Gasteiger charge is -2.23. The highest BCUT2D eigenvalue weighted by molar-refractivity contribution is 5.83. The first-order valence-corrected chi connectivity index (χ1v) is 11.5. The molecule has 0 saturated carbocycles. The van der Waals surface area contributed by atoms with Gasteiger partial charge in [0.2, 0.25) is 0 Å². The third-order valence-corrected chi connectivity index (χ3v) is 4.70. The molecule has 0 bridgehead atoms. The fourth-order valence-electron chi connectivity index (χ4n) is 2.99. The molecule has 1 unspecified atom stereocenters. The molecular weight excluding hydrogens is 470 g/mol. The van der Waals surface area contributed by atoms with Gasteiger partial charge in [-0.25, -0.2) is 19.6 Å².